The first-order valence-corrected chi connectivity index (χ1v) is 9.50. The van der Waals surface area contributed by atoms with E-state index in [1.165, 1.54) is 24.3 Å². The monoisotopic (exact) mass is 408 g/mol. The average Bonchev–Trinajstić information content (AvgIpc) is 3.27. The summed E-state index contributed by atoms with van der Waals surface area (Å²) < 4.78 is 12.0. The molecule has 0 aliphatic heterocycles. The molecule has 2 heterocycles. The molecular weight excluding hydrogens is 392 g/mol. The molecule has 0 atom stereocenters. The Kier molecular flexibility index (Phi) is 4.96. The second-order valence-corrected chi connectivity index (χ2v) is 6.89. The van der Waals surface area contributed by atoms with E-state index in [-0.39, 0.29) is 5.95 Å². The minimum Gasteiger partial charge on any atom is -0.497 e. The molecule has 0 fully saturated rings. The summed E-state index contributed by atoms with van der Waals surface area (Å²) in [5.41, 5.74) is 2.09. The normalized spacial score (nSPS) is 10.7. The third-order valence-electron chi connectivity index (χ3n) is 4.03. The molecule has 2 aromatic heterocycles. The van der Waals surface area contributed by atoms with E-state index in [0.29, 0.717) is 16.3 Å². The van der Waals surface area contributed by atoms with Crippen molar-refractivity contribution in [2.45, 2.75) is 6.92 Å². The summed E-state index contributed by atoms with van der Waals surface area (Å²) in [5.74, 6) is 0.361. The quantitative estimate of drug-likeness (QED) is 0.400. The number of nitrogens with zero attached hydrogens (tertiary/aromatic N) is 3. The van der Waals surface area contributed by atoms with Gasteiger partial charge < -0.3 is 9.47 Å². The van der Waals surface area contributed by atoms with E-state index in [9.17, 15) is 9.59 Å². The molecule has 0 bridgehead atoms. The largest absolute Gasteiger partial charge is 0.497 e. The van der Waals surface area contributed by atoms with Crippen LogP contribution in [-0.2, 0) is 4.79 Å². The highest BCUT2D eigenvalue weighted by Gasteiger charge is 2.15. The molecule has 0 saturated carbocycles. The number of anilines is 1. The number of rotatable bonds is 5. The Balaban J connectivity index is 1.58. The van der Waals surface area contributed by atoms with Gasteiger partial charge in [-0.15, -0.1) is 16.4 Å². The Morgan fingerprint density at radius 3 is 2.69 bits per heavy atom. The number of ether oxygens (including phenoxy) is 2. The van der Waals surface area contributed by atoms with Gasteiger partial charge >= 0.3 is 5.97 Å². The van der Waals surface area contributed by atoms with Crippen molar-refractivity contribution in [3.05, 3.63) is 59.5 Å². The van der Waals surface area contributed by atoms with Gasteiger partial charge in [0.05, 0.1) is 12.8 Å². The molecule has 0 radical (unpaired) electrons. The van der Waals surface area contributed by atoms with Gasteiger partial charge in [0.1, 0.15) is 11.5 Å². The zero-order valence-corrected chi connectivity index (χ0v) is 16.4. The molecule has 0 aliphatic rings. The van der Waals surface area contributed by atoms with Gasteiger partial charge in [0, 0.05) is 23.4 Å². The summed E-state index contributed by atoms with van der Waals surface area (Å²) in [5, 5.41) is 9.02. The summed E-state index contributed by atoms with van der Waals surface area (Å²) in [4.78, 5) is 28.6. The van der Waals surface area contributed by atoms with Crippen molar-refractivity contribution in [3.8, 4) is 22.8 Å². The molecule has 146 valence electrons. The number of fused-ring (bicyclic) bond motifs is 1. The second-order valence-electron chi connectivity index (χ2n) is 6.06. The van der Waals surface area contributed by atoms with Gasteiger partial charge in [-0.05, 0) is 30.3 Å². The van der Waals surface area contributed by atoms with E-state index in [2.05, 4.69) is 15.4 Å². The number of carbonyl (C=O) groups excluding carboxylic acids is 2. The number of carbonyl (C=O) groups is 2. The lowest BCUT2D eigenvalue weighted by atomic mass is 10.2. The lowest BCUT2D eigenvalue weighted by Crippen LogP contribution is -2.13. The van der Waals surface area contributed by atoms with Gasteiger partial charge in [0.15, 0.2) is 0 Å². The number of esters is 1. The van der Waals surface area contributed by atoms with Crippen molar-refractivity contribution in [1.82, 2.24) is 14.6 Å². The van der Waals surface area contributed by atoms with Gasteiger partial charge in [-0.1, -0.05) is 18.2 Å². The van der Waals surface area contributed by atoms with Crippen molar-refractivity contribution in [3.63, 3.8) is 0 Å². The Morgan fingerprint density at radius 2 is 1.90 bits per heavy atom. The fourth-order valence-electron chi connectivity index (χ4n) is 2.76. The highest BCUT2D eigenvalue weighted by molar-refractivity contribution is 7.15. The fraction of sp³-hybridized carbons (Fsp3) is 0.100. The first-order valence-electron chi connectivity index (χ1n) is 8.62. The van der Waals surface area contributed by atoms with E-state index in [1.807, 2.05) is 29.6 Å². The molecule has 2 aromatic carbocycles. The molecule has 0 aliphatic carbocycles. The number of amides is 1. The lowest BCUT2D eigenvalue weighted by molar-refractivity contribution is -0.131. The zero-order chi connectivity index (χ0) is 20.4. The molecule has 4 rings (SSSR count). The molecule has 0 unspecified atom stereocenters. The number of methoxy groups -OCH3 is 1. The van der Waals surface area contributed by atoms with Crippen molar-refractivity contribution in [2.24, 2.45) is 0 Å². The highest BCUT2D eigenvalue weighted by Crippen LogP contribution is 2.28. The van der Waals surface area contributed by atoms with Crippen LogP contribution in [0.25, 0.3) is 16.2 Å². The van der Waals surface area contributed by atoms with Crippen LogP contribution < -0.4 is 14.8 Å². The number of hydrogen-bond donors (Lipinski definition) is 1. The molecule has 1 amide bonds. The number of benzene rings is 2. The highest BCUT2D eigenvalue weighted by atomic mass is 32.1. The average molecular weight is 408 g/mol. The molecule has 4 aromatic rings. The standard InChI is InChI=1S/C20H16N4O4S/c1-12(25)28-16-8-4-6-14(10-16)18(26)21-19-22-20-24(23-19)17(11-29-20)13-5-3-7-15(9-13)27-2/h3-11H,1-2H3,(H,21,23,26). The van der Waals surface area contributed by atoms with Crippen LogP contribution in [0.5, 0.6) is 11.5 Å². The van der Waals surface area contributed by atoms with Crippen molar-refractivity contribution >= 4 is 34.1 Å². The van der Waals surface area contributed by atoms with Crippen LogP contribution in [0.15, 0.2) is 53.9 Å². The van der Waals surface area contributed by atoms with Crippen molar-refractivity contribution in [2.75, 3.05) is 12.4 Å². The number of thiazole rings is 1. The maximum absolute atomic E-state index is 12.5. The number of hydrogen-bond acceptors (Lipinski definition) is 7. The van der Waals surface area contributed by atoms with Crippen LogP contribution in [-0.4, -0.2) is 33.6 Å². The molecule has 0 spiro atoms. The molecular formula is C20H16N4O4S. The first kappa shape index (κ1) is 18.6. The van der Waals surface area contributed by atoms with Crippen LogP contribution in [0.1, 0.15) is 17.3 Å². The predicted molar refractivity (Wildman–Crippen MR) is 109 cm³/mol. The van der Waals surface area contributed by atoms with Gasteiger partial charge in [-0.25, -0.2) is 4.52 Å². The molecule has 8 nitrogen and oxygen atoms in total. The molecule has 0 saturated heterocycles. The van der Waals surface area contributed by atoms with Crippen molar-refractivity contribution < 1.29 is 19.1 Å². The minimum atomic E-state index is -0.455. The Hall–Kier alpha value is -3.72. The first-order chi connectivity index (χ1) is 14.0. The smallest absolute Gasteiger partial charge is 0.308 e. The minimum absolute atomic E-state index is 0.184. The molecule has 29 heavy (non-hydrogen) atoms. The third-order valence-corrected chi connectivity index (χ3v) is 4.85. The number of aromatic nitrogens is 3. The van der Waals surface area contributed by atoms with E-state index in [1.54, 1.807) is 29.8 Å². The maximum atomic E-state index is 12.5. The summed E-state index contributed by atoms with van der Waals surface area (Å²) in [7, 11) is 1.61. The Labute approximate surface area is 169 Å². The molecule has 9 heteroatoms. The van der Waals surface area contributed by atoms with E-state index >= 15 is 0 Å². The summed E-state index contributed by atoms with van der Waals surface area (Å²) in [6.45, 7) is 1.30. The lowest BCUT2D eigenvalue weighted by Gasteiger charge is -2.04. The van der Waals surface area contributed by atoms with Crippen molar-refractivity contribution in [1.29, 1.82) is 0 Å². The second kappa shape index (κ2) is 7.72. The summed E-state index contributed by atoms with van der Waals surface area (Å²) >= 11 is 1.41. The van der Waals surface area contributed by atoms with Gasteiger partial charge in [0.2, 0.25) is 4.96 Å². The van der Waals surface area contributed by atoms with Gasteiger partial charge in [-0.3, -0.25) is 14.9 Å². The summed E-state index contributed by atoms with van der Waals surface area (Å²) in [6.07, 6.45) is 0. The predicted octanol–water partition coefficient (Wildman–Crippen LogP) is 3.64. The van der Waals surface area contributed by atoms with Crippen LogP contribution in [0.2, 0.25) is 0 Å². The third kappa shape index (κ3) is 3.94. The Bertz CT molecular complexity index is 1210. The van der Waals surface area contributed by atoms with E-state index in [4.69, 9.17) is 9.47 Å². The van der Waals surface area contributed by atoms with Gasteiger partial charge in [-0.2, -0.15) is 4.98 Å². The maximum Gasteiger partial charge on any atom is 0.308 e. The van der Waals surface area contributed by atoms with Crippen LogP contribution in [0, 0.1) is 0 Å². The fourth-order valence-corrected chi connectivity index (χ4v) is 3.59. The SMILES string of the molecule is COc1cccc(-c2csc3nc(NC(=O)c4cccc(OC(C)=O)c4)nn23)c1. The topological polar surface area (TPSA) is 94.8 Å². The summed E-state index contributed by atoms with van der Waals surface area (Å²) in [6, 6.07) is 13.9. The van der Waals surface area contributed by atoms with E-state index in [0.717, 1.165) is 17.0 Å². The van der Waals surface area contributed by atoms with Crippen LogP contribution in [0.4, 0.5) is 5.95 Å². The van der Waals surface area contributed by atoms with E-state index < -0.39 is 11.9 Å². The zero-order valence-electron chi connectivity index (χ0n) is 15.6. The van der Waals surface area contributed by atoms with Crippen LogP contribution >= 0.6 is 11.3 Å². The number of nitrogens with one attached hydrogen (secondary N) is 1. The van der Waals surface area contributed by atoms with Gasteiger partial charge in [0.25, 0.3) is 11.9 Å². The molecule has 1 N–H and O–H groups in total. The Morgan fingerprint density at radius 1 is 1.10 bits per heavy atom. The van der Waals surface area contributed by atoms with Crippen LogP contribution in [0.3, 0.4) is 0 Å².